The van der Waals surface area contributed by atoms with Crippen molar-refractivity contribution in [1.29, 1.82) is 0 Å². The molecule has 1 N–H and O–H groups in total. The third kappa shape index (κ3) is 4.04. The molecule has 1 fully saturated rings. The van der Waals surface area contributed by atoms with E-state index in [-0.39, 0.29) is 30.4 Å². The summed E-state index contributed by atoms with van der Waals surface area (Å²) in [4.78, 5) is 26.0. The van der Waals surface area contributed by atoms with E-state index in [0.29, 0.717) is 18.7 Å². The highest BCUT2D eigenvalue weighted by atomic mass is 16.5. The molecule has 2 aromatic rings. The first-order valence-corrected chi connectivity index (χ1v) is 8.64. The molecule has 3 rings (SSSR count). The van der Waals surface area contributed by atoms with Crippen molar-refractivity contribution >= 4 is 11.8 Å². The number of ether oxygens (including phenoxy) is 1. The molecule has 0 aliphatic carbocycles. The molecular formula is C19H24N4O3. The van der Waals surface area contributed by atoms with E-state index in [1.807, 2.05) is 44.4 Å². The first kappa shape index (κ1) is 18.0. The van der Waals surface area contributed by atoms with Crippen molar-refractivity contribution in [1.82, 2.24) is 20.0 Å². The minimum Gasteiger partial charge on any atom is -0.484 e. The van der Waals surface area contributed by atoms with Gasteiger partial charge in [-0.15, -0.1) is 0 Å². The summed E-state index contributed by atoms with van der Waals surface area (Å²) < 4.78 is 7.21. The number of benzene rings is 1. The van der Waals surface area contributed by atoms with E-state index in [2.05, 4.69) is 10.4 Å². The summed E-state index contributed by atoms with van der Waals surface area (Å²) in [6.45, 7) is 2.37. The van der Waals surface area contributed by atoms with Crippen molar-refractivity contribution in [3.63, 3.8) is 0 Å². The van der Waals surface area contributed by atoms with Crippen LogP contribution in [0.2, 0.25) is 0 Å². The third-order valence-electron chi connectivity index (χ3n) is 4.71. The fraction of sp³-hybridized carbons (Fsp3) is 0.421. The van der Waals surface area contributed by atoms with Crippen molar-refractivity contribution in [2.75, 3.05) is 20.2 Å². The van der Waals surface area contributed by atoms with E-state index in [0.717, 1.165) is 11.1 Å². The molecule has 26 heavy (non-hydrogen) atoms. The van der Waals surface area contributed by atoms with Gasteiger partial charge in [-0.2, -0.15) is 5.10 Å². The van der Waals surface area contributed by atoms with Crippen LogP contribution >= 0.6 is 0 Å². The van der Waals surface area contributed by atoms with Crippen LogP contribution in [0.5, 0.6) is 5.75 Å². The van der Waals surface area contributed by atoms with E-state index >= 15 is 0 Å². The number of carbonyl (C=O) groups is 2. The molecule has 0 bridgehead atoms. The van der Waals surface area contributed by atoms with Crippen molar-refractivity contribution in [2.45, 2.75) is 19.4 Å². The largest absolute Gasteiger partial charge is 0.484 e. The van der Waals surface area contributed by atoms with Gasteiger partial charge in [0, 0.05) is 44.7 Å². The number of aromatic nitrogens is 2. The van der Waals surface area contributed by atoms with Crippen molar-refractivity contribution in [3.8, 4) is 5.75 Å². The van der Waals surface area contributed by atoms with E-state index < -0.39 is 0 Å². The van der Waals surface area contributed by atoms with Gasteiger partial charge in [0.25, 0.3) is 5.91 Å². The second-order valence-corrected chi connectivity index (χ2v) is 6.77. The number of nitrogens with one attached hydrogen (secondary N) is 1. The number of aryl methyl sites for hydroxylation is 2. The van der Waals surface area contributed by atoms with Crippen LogP contribution < -0.4 is 10.1 Å². The monoisotopic (exact) mass is 356 g/mol. The molecule has 2 atom stereocenters. The standard InChI is InChI=1S/C19H24N4O3/c1-13-4-6-16(7-5-13)26-12-17(24)20-9-14-8-18(25)23(3)19(14)15-10-21-22(2)11-15/h4-7,10-11,14,19H,8-9,12H2,1-3H3,(H,20,24)/t14-,19+/m0/s1. The Morgan fingerprint density at radius 2 is 2.04 bits per heavy atom. The Hall–Kier alpha value is -2.83. The lowest BCUT2D eigenvalue weighted by atomic mass is 9.96. The molecule has 138 valence electrons. The van der Waals surface area contributed by atoms with Gasteiger partial charge in [0.15, 0.2) is 6.61 Å². The van der Waals surface area contributed by atoms with Gasteiger partial charge in [-0.05, 0) is 19.1 Å². The average molecular weight is 356 g/mol. The molecule has 2 heterocycles. The highest BCUT2D eigenvalue weighted by molar-refractivity contribution is 5.80. The Kier molecular flexibility index (Phi) is 5.25. The molecule has 7 nitrogen and oxygen atoms in total. The van der Waals surface area contributed by atoms with E-state index in [4.69, 9.17) is 4.74 Å². The fourth-order valence-corrected chi connectivity index (χ4v) is 3.30. The topological polar surface area (TPSA) is 76.5 Å². The lowest BCUT2D eigenvalue weighted by Gasteiger charge is -2.24. The van der Waals surface area contributed by atoms with Crippen LogP contribution in [0.15, 0.2) is 36.7 Å². The number of hydrogen-bond donors (Lipinski definition) is 1. The predicted molar refractivity (Wildman–Crippen MR) is 96.5 cm³/mol. The summed E-state index contributed by atoms with van der Waals surface area (Å²) in [5, 5.41) is 7.07. The van der Waals surface area contributed by atoms with Crippen LogP contribution in [0.3, 0.4) is 0 Å². The van der Waals surface area contributed by atoms with Crippen molar-refractivity contribution < 1.29 is 14.3 Å². The van der Waals surface area contributed by atoms with Crippen molar-refractivity contribution in [2.24, 2.45) is 13.0 Å². The Bertz CT molecular complexity index is 784. The molecule has 0 radical (unpaired) electrons. The SMILES string of the molecule is Cc1ccc(OCC(=O)NC[C@@H]2CC(=O)N(C)[C@H]2c2cnn(C)c2)cc1. The van der Waals surface area contributed by atoms with Gasteiger partial charge >= 0.3 is 0 Å². The quantitative estimate of drug-likeness (QED) is 0.850. The van der Waals surface area contributed by atoms with Gasteiger partial charge in [-0.25, -0.2) is 0 Å². The molecule has 1 aromatic carbocycles. The number of carbonyl (C=O) groups excluding carboxylic acids is 2. The lowest BCUT2D eigenvalue weighted by Crippen LogP contribution is -2.35. The third-order valence-corrected chi connectivity index (χ3v) is 4.71. The summed E-state index contributed by atoms with van der Waals surface area (Å²) in [6.07, 6.45) is 4.10. The molecule has 0 spiro atoms. The number of amides is 2. The second kappa shape index (κ2) is 7.59. The summed E-state index contributed by atoms with van der Waals surface area (Å²) >= 11 is 0. The predicted octanol–water partition coefficient (Wildman–Crippen LogP) is 1.44. The minimum absolute atomic E-state index is 0.0139. The van der Waals surface area contributed by atoms with Gasteiger partial charge in [0.1, 0.15) is 5.75 Å². The Labute approximate surface area is 152 Å². The molecule has 7 heteroatoms. The zero-order valence-electron chi connectivity index (χ0n) is 15.3. The van der Waals surface area contributed by atoms with Crippen LogP contribution in [-0.2, 0) is 16.6 Å². The highest BCUT2D eigenvalue weighted by Gasteiger charge is 2.39. The van der Waals surface area contributed by atoms with E-state index in [1.54, 1.807) is 22.8 Å². The number of hydrogen-bond acceptors (Lipinski definition) is 4. The second-order valence-electron chi connectivity index (χ2n) is 6.77. The molecule has 1 aliphatic rings. The molecule has 1 aromatic heterocycles. The zero-order valence-corrected chi connectivity index (χ0v) is 15.3. The number of nitrogens with zero attached hydrogens (tertiary/aromatic N) is 3. The van der Waals surface area contributed by atoms with Gasteiger partial charge in [0.2, 0.25) is 5.91 Å². The smallest absolute Gasteiger partial charge is 0.257 e. The maximum atomic E-state index is 12.1. The molecular weight excluding hydrogens is 332 g/mol. The van der Waals surface area contributed by atoms with Crippen molar-refractivity contribution in [3.05, 3.63) is 47.8 Å². The number of rotatable bonds is 6. The van der Waals surface area contributed by atoms with Gasteiger partial charge < -0.3 is 15.0 Å². The van der Waals surface area contributed by atoms with Crippen LogP contribution in [0, 0.1) is 12.8 Å². The maximum absolute atomic E-state index is 12.1. The van der Waals surface area contributed by atoms with Gasteiger partial charge in [0.05, 0.1) is 12.2 Å². The molecule has 1 aliphatic heterocycles. The van der Waals surface area contributed by atoms with Crippen LogP contribution in [0.1, 0.15) is 23.6 Å². The first-order valence-electron chi connectivity index (χ1n) is 8.64. The Morgan fingerprint density at radius 3 is 2.69 bits per heavy atom. The van der Waals surface area contributed by atoms with Gasteiger partial charge in [-0.3, -0.25) is 14.3 Å². The molecule has 0 saturated carbocycles. The summed E-state index contributed by atoms with van der Waals surface area (Å²) in [7, 11) is 3.64. The minimum atomic E-state index is -0.197. The van der Waals surface area contributed by atoms with Crippen LogP contribution in [0.25, 0.3) is 0 Å². The van der Waals surface area contributed by atoms with Crippen LogP contribution in [-0.4, -0.2) is 46.7 Å². The zero-order chi connectivity index (χ0) is 18.7. The highest BCUT2D eigenvalue weighted by Crippen LogP contribution is 2.36. The molecule has 0 unspecified atom stereocenters. The number of likely N-dealkylation sites (tertiary alicyclic amines) is 1. The van der Waals surface area contributed by atoms with E-state index in [9.17, 15) is 9.59 Å². The molecule has 2 amide bonds. The van der Waals surface area contributed by atoms with Crippen LogP contribution in [0.4, 0.5) is 0 Å². The Morgan fingerprint density at radius 1 is 1.31 bits per heavy atom. The summed E-state index contributed by atoms with van der Waals surface area (Å²) in [5.41, 5.74) is 2.12. The average Bonchev–Trinajstić information content (AvgIpc) is 3.16. The van der Waals surface area contributed by atoms with Gasteiger partial charge in [-0.1, -0.05) is 17.7 Å². The maximum Gasteiger partial charge on any atom is 0.257 e. The summed E-state index contributed by atoms with van der Waals surface area (Å²) in [6, 6.07) is 7.48. The fourth-order valence-electron chi connectivity index (χ4n) is 3.30. The lowest BCUT2D eigenvalue weighted by molar-refractivity contribution is -0.127. The van der Waals surface area contributed by atoms with E-state index in [1.165, 1.54) is 0 Å². The molecule has 1 saturated heterocycles. The first-order chi connectivity index (χ1) is 12.4. The Balaban J connectivity index is 1.54. The summed E-state index contributed by atoms with van der Waals surface area (Å²) in [5.74, 6) is 0.557. The normalized spacial score (nSPS) is 19.7.